The highest BCUT2D eigenvalue weighted by atomic mass is 32.2. The van der Waals surface area contributed by atoms with Gasteiger partial charge in [-0.05, 0) is 49.2 Å². The number of carbonyl (C=O) groups is 1. The molecule has 1 saturated carbocycles. The van der Waals surface area contributed by atoms with E-state index in [1.54, 1.807) is 24.4 Å². The molecule has 2 aliphatic rings. The summed E-state index contributed by atoms with van der Waals surface area (Å²) in [6.45, 7) is 1.52. The fourth-order valence-electron chi connectivity index (χ4n) is 5.13. The summed E-state index contributed by atoms with van der Waals surface area (Å²) < 4.78 is 31.7. The monoisotopic (exact) mass is 481 g/mol. The molecular formula is C26H31N3O4S. The summed E-state index contributed by atoms with van der Waals surface area (Å²) >= 11 is 0. The van der Waals surface area contributed by atoms with Gasteiger partial charge in [0.2, 0.25) is 5.91 Å². The maximum absolute atomic E-state index is 12.8. The first-order valence-corrected chi connectivity index (χ1v) is 14.0. The second kappa shape index (κ2) is 9.41. The Bertz CT molecular complexity index is 1270. The molecule has 2 fully saturated rings. The van der Waals surface area contributed by atoms with Gasteiger partial charge < -0.3 is 14.2 Å². The van der Waals surface area contributed by atoms with Crippen molar-refractivity contribution in [2.75, 3.05) is 19.3 Å². The lowest BCUT2D eigenvalue weighted by atomic mass is 9.88. The Hall–Kier alpha value is -2.87. The van der Waals surface area contributed by atoms with Crippen LogP contribution in [0.15, 0.2) is 53.7 Å². The van der Waals surface area contributed by atoms with Crippen molar-refractivity contribution >= 4 is 26.6 Å². The normalized spacial score (nSPS) is 18.3. The molecule has 0 bridgehead atoms. The minimum atomic E-state index is -3.25. The Morgan fingerprint density at radius 3 is 2.44 bits per heavy atom. The Labute approximate surface area is 200 Å². The molecule has 0 radical (unpaired) electrons. The van der Waals surface area contributed by atoms with Gasteiger partial charge in [0.25, 0.3) is 0 Å². The molecule has 0 unspecified atom stereocenters. The van der Waals surface area contributed by atoms with Crippen molar-refractivity contribution in [2.45, 2.75) is 55.9 Å². The van der Waals surface area contributed by atoms with Crippen LogP contribution in [0.1, 0.15) is 44.9 Å². The zero-order valence-electron chi connectivity index (χ0n) is 19.5. The molecule has 0 N–H and O–H groups in total. The van der Waals surface area contributed by atoms with Gasteiger partial charge in [0, 0.05) is 49.7 Å². The van der Waals surface area contributed by atoms with Crippen molar-refractivity contribution in [2.24, 2.45) is 5.92 Å². The molecular weight excluding hydrogens is 450 g/mol. The van der Waals surface area contributed by atoms with E-state index >= 15 is 0 Å². The van der Waals surface area contributed by atoms with Gasteiger partial charge in [-0.3, -0.25) is 4.79 Å². The first-order chi connectivity index (χ1) is 16.4. The van der Waals surface area contributed by atoms with E-state index in [-0.39, 0.29) is 12.0 Å². The van der Waals surface area contributed by atoms with E-state index in [0.717, 1.165) is 61.2 Å². The first-order valence-electron chi connectivity index (χ1n) is 12.1. The molecule has 5 rings (SSSR count). The number of carbonyl (C=O) groups excluding carboxylic acids is 1. The molecule has 8 heteroatoms. The molecule has 3 aromatic rings. The van der Waals surface area contributed by atoms with Gasteiger partial charge in [0.15, 0.2) is 9.84 Å². The molecule has 0 atom stereocenters. The van der Waals surface area contributed by atoms with Crippen LogP contribution < -0.4 is 4.74 Å². The zero-order valence-corrected chi connectivity index (χ0v) is 20.3. The number of hydrogen-bond donors (Lipinski definition) is 0. The largest absolute Gasteiger partial charge is 0.489 e. The SMILES string of the molecule is CS(=O)(=O)c1ccc2c(ccn2-c2ccc(OC3CCN(C(=O)C4CCCCC4)CC3)cn2)c1. The predicted octanol–water partition coefficient (Wildman–Crippen LogP) is 4.38. The van der Waals surface area contributed by atoms with E-state index in [0.29, 0.717) is 10.8 Å². The molecule has 0 spiro atoms. The predicted molar refractivity (Wildman–Crippen MR) is 131 cm³/mol. The average Bonchev–Trinajstić information content (AvgIpc) is 3.28. The topological polar surface area (TPSA) is 81.5 Å². The third kappa shape index (κ3) is 4.82. The highest BCUT2D eigenvalue weighted by Crippen LogP contribution is 2.28. The minimum absolute atomic E-state index is 0.0879. The molecule has 1 saturated heterocycles. The zero-order chi connectivity index (χ0) is 23.7. The molecule has 3 heterocycles. The number of rotatable bonds is 5. The number of pyridine rings is 1. The summed E-state index contributed by atoms with van der Waals surface area (Å²) in [5, 5.41) is 0.847. The van der Waals surface area contributed by atoms with E-state index in [9.17, 15) is 13.2 Å². The first kappa shape index (κ1) is 22.9. The third-order valence-corrected chi connectivity index (χ3v) is 8.18. The second-order valence-electron chi connectivity index (χ2n) is 9.51. The Kier molecular flexibility index (Phi) is 6.34. The maximum atomic E-state index is 12.8. The van der Waals surface area contributed by atoms with Crippen LogP contribution in [0, 0.1) is 5.92 Å². The van der Waals surface area contributed by atoms with Crippen molar-refractivity contribution in [1.82, 2.24) is 14.5 Å². The smallest absolute Gasteiger partial charge is 0.225 e. The number of amides is 1. The van der Waals surface area contributed by atoms with E-state index in [4.69, 9.17) is 4.74 Å². The number of ether oxygens (including phenoxy) is 1. The Morgan fingerprint density at radius 1 is 1.00 bits per heavy atom. The average molecular weight is 482 g/mol. The number of hydrogen-bond acceptors (Lipinski definition) is 5. The minimum Gasteiger partial charge on any atom is -0.489 e. The highest BCUT2D eigenvalue weighted by molar-refractivity contribution is 7.90. The van der Waals surface area contributed by atoms with Crippen molar-refractivity contribution in [3.63, 3.8) is 0 Å². The highest BCUT2D eigenvalue weighted by Gasteiger charge is 2.29. The van der Waals surface area contributed by atoms with Crippen molar-refractivity contribution in [3.05, 3.63) is 48.8 Å². The van der Waals surface area contributed by atoms with Crippen molar-refractivity contribution < 1.29 is 17.9 Å². The molecule has 1 aromatic carbocycles. The van der Waals surface area contributed by atoms with Crippen molar-refractivity contribution in [3.8, 4) is 11.6 Å². The van der Waals surface area contributed by atoms with Crippen LogP contribution in [-0.2, 0) is 14.6 Å². The molecule has 2 aromatic heterocycles. The number of nitrogens with zero attached hydrogens (tertiary/aromatic N) is 3. The summed E-state index contributed by atoms with van der Waals surface area (Å²) in [5.41, 5.74) is 0.892. The lowest BCUT2D eigenvalue weighted by molar-refractivity contribution is -0.138. The molecule has 180 valence electrons. The second-order valence-corrected chi connectivity index (χ2v) is 11.5. The third-order valence-electron chi connectivity index (χ3n) is 7.07. The number of aromatic nitrogens is 2. The van der Waals surface area contributed by atoms with E-state index < -0.39 is 9.84 Å². The maximum Gasteiger partial charge on any atom is 0.225 e. The van der Waals surface area contributed by atoms with Gasteiger partial charge in [-0.15, -0.1) is 0 Å². The summed E-state index contributed by atoms with van der Waals surface area (Å²) in [5.74, 6) is 2.02. The number of likely N-dealkylation sites (tertiary alicyclic amines) is 1. The number of benzene rings is 1. The fraction of sp³-hybridized carbons (Fsp3) is 0.462. The van der Waals surface area contributed by atoms with Crippen LogP contribution in [0.25, 0.3) is 16.7 Å². The molecule has 1 aliphatic carbocycles. The van der Waals surface area contributed by atoms with Crippen LogP contribution in [-0.4, -0.2) is 54.2 Å². The van der Waals surface area contributed by atoms with E-state index in [1.807, 2.05) is 33.9 Å². The summed E-state index contributed by atoms with van der Waals surface area (Å²) in [7, 11) is -3.25. The quantitative estimate of drug-likeness (QED) is 0.540. The summed E-state index contributed by atoms with van der Waals surface area (Å²) in [6.07, 6.45) is 12.3. The fourth-order valence-corrected chi connectivity index (χ4v) is 5.79. The van der Waals surface area contributed by atoms with E-state index in [1.165, 1.54) is 25.5 Å². The van der Waals surface area contributed by atoms with Gasteiger partial charge in [-0.1, -0.05) is 19.3 Å². The van der Waals surface area contributed by atoms with Gasteiger partial charge in [-0.25, -0.2) is 13.4 Å². The van der Waals surface area contributed by atoms with Crippen LogP contribution in [0.3, 0.4) is 0 Å². The molecule has 34 heavy (non-hydrogen) atoms. The molecule has 7 nitrogen and oxygen atoms in total. The van der Waals surface area contributed by atoms with E-state index in [2.05, 4.69) is 4.98 Å². The summed E-state index contributed by atoms with van der Waals surface area (Å²) in [4.78, 5) is 19.7. The van der Waals surface area contributed by atoms with Gasteiger partial charge in [0.1, 0.15) is 17.7 Å². The number of fused-ring (bicyclic) bond motifs is 1. The van der Waals surface area contributed by atoms with Crippen LogP contribution in [0.2, 0.25) is 0 Å². The lowest BCUT2D eigenvalue weighted by Gasteiger charge is -2.35. The number of piperidine rings is 1. The Morgan fingerprint density at radius 2 is 1.76 bits per heavy atom. The van der Waals surface area contributed by atoms with Gasteiger partial charge >= 0.3 is 0 Å². The molecule has 1 aliphatic heterocycles. The number of sulfone groups is 1. The lowest BCUT2D eigenvalue weighted by Crippen LogP contribution is -2.44. The van der Waals surface area contributed by atoms with Crippen LogP contribution in [0.4, 0.5) is 0 Å². The van der Waals surface area contributed by atoms with Gasteiger partial charge in [-0.2, -0.15) is 0 Å². The van der Waals surface area contributed by atoms with Crippen LogP contribution >= 0.6 is 0 Å². The summed E-state index contributed by atoms with van der Waals surface area (Å²) in [6, 6.07) is 10.8. The Balaban J connectivity index is 1.20. The molecule has 1 amide bonds. The van der Waals surface area contributed by atoms with Crippen molar-refractivity contribution in [1.29, 1.82) is 0 Å². The van der Waals surface area contributed by atoms with Crippen LogP contribution in [0.5, 0.6) is 5.75 Å². The van der Waals surface area contributed by atoms with Gasteiger partial charge in [0.05, 0.1) is 16.6 Å². The standard InChI is InChI=1S/C26H31N3O4S/c1-34(31,32)23-8-9-24-20(17-23)11-16-29(24)25-10-7-22(18-27-25)33-21-12-14-28(15-13-21)26(30)19-5-3-2-4-6-19/h7-11,16-19,21H,2-6,12-15H2,1H3.